The monoisotopic (exact) mass is 285 g/mol. The van der Waals surface area contributed by atoms with Crippen LogP contribution in [0, 0.1) is 0 Å². The highest BCUT2D eigenvalue weighted by atomic mass is 35.5. The number of nitrogens with zero attached hydrogens (tertiary/aromatic N) is 3. The SMILES string of the molecule is O=C(O)c1cc(-c2cnccn2)nc2ccc(Cl)cc12. The van der Waals surface area contributed by atoms with Crippen molar-refractivity contribution in [2.24, 2.45) is 0 Å². The standard InChI is InChI=1S/C14H8ClN3O2/c15-8-1-2-11-9(5-8)10(14(19)20)6-12(18-11)13-7-16-3-4-17-13/h1-7H,(H,19,20). The molecule has 1 aromatic carbocycles. The Morgan fingerprint density at radius 1 is 1.15 bits per heavy atom. The Hall–Kier alpha value is -2.53. The van der Waals surface area contributed by atoms with E-state index in [0.29, 0.717) is 27.3 Å². The van der Waals surface area contributed by atoms with Gasteiger partial charge >= 0.3 is 5.97 Å². The molecular weight excluding hydrogens is 278 g/mol. The van der Waals surface area contributed by atoms with Gasteiger partial charge < -0.3 is 5.11 Å². The van der Waals surface area contributed by atoms with Crippen LogP contribution in [-0.2, 0) is 0 Å². The number of hydrogen-bond acceptors (Lipinski definition) is 4. The lowest BCUT2D eigenvalue weighted by Crippen LogP contribution is -2.01. The molecule has 0 unspecified atom stereocenters. The van der Waals surface area contributed by atoms with Gasteiger partial charge in [0.05, 0.1) is 23.0 Å². The van der Waals surface area contributed by atoms with Crippen molar-refractivity contribution < 1.29 is 9.90 Å². The maximum Gasteiger partial charge on any atom is 0.336 e. The third kappa shape index (κ3) is 2.19. The second kappa shape index (κ2) is 4.86. The summed E-state index contributed by atoms with van der Waals surface area (Å²) in [5, 5.41) is 10.3. The molecule has 3 rings (SSSR count). The minimum absolute atomic E-state index is 0.137. The Bertz CT molecular complexity index is 806. The quantitative estimate of drug-likeness (QED) is 0.783. The molecule has 0 saturated carbocycles. The van der Waals surface area contributed by atoms with Crippen LogP contribution in [-0.4, -0.2) is 26.0 Å². The lowest BCUT2D eigenvalue weighted by atomic mass is 10.1. The zero-order valence-corrected chi connectivity index (χ0v) is 10.9. The highest BCUT2D eigenvalue weighted by Gasteiger charge is 2.13. The number of hydrogen-bond donors (Lipinski definition) is 1. The van der Waals surface area contributed by atoms with Gasteiger partial charge in [-0.25, -0.2) is 9.78 Å². The number of fused-ring (bicyclic) bond motifs is 1. The molecular formula is C14H8ClN3O2. The number of aromatic carboxylic acids is 1. The lowest BCUT2D eigenvalue weighted by molar-refractivity contribution is 0.0699. The first kappa shape index (κ1) is 12.5. The van der Waals surface area contributed by atoms with Crippen LogP contribution in [0.4, 0.5) is 0 Å². The average Bonchev–Trinajstić information content (AvgIpc) is 2.47. The first-order valence-electron chi connectivity index (χ1n) is 5.75. The number of aromatic nitrogens is 3. The molecule has 0 atom stereocenters. The molecule has 98 valence electrons. The maximum atomic E-state index is 11.4. The number of halogens is 1. The predicted octanol–water partition coefficient (Wildman–Crippen LogP) is 3.04. The Balaban J connectivity index is 2.32. The molecule has 0 fully saturated rings. The molecule has 0 saturated heterocycles. The molecule has 0 amide bonds. The Morgan fingerprint density at radius 2 is 2.00 bits per heavy atom. The molecule has 2 aromatic heterocycles. The number of carbonyl (C=O) groups is 1. The molecule has 0 aliphatic heterocycles. The van der Waals surface area contributed by atoms with Crippen molar-refractivity contribution in [1.82, 2.24) is 15.0 Å². The van der Waals surface area contributed by atoms with Gasteiger partial charge in [0.15, 0.2) is 0 Å². The number of carboxylic acids is 1. The summed E-state index contributed by atoms with van der Waals surface area (Å²) in [4.78, 5) is 23.9. The van der Waals surface area contributed by atoms with Crippen molar-refractivity contribution in [3.63, 3.8) is 0 Å². The van der Waals surface area contributed by atoms with Gasteiger partial charge in [-0.3, -0.25) is 9.97 Å². The Labute approximate surface area is 118 Å². The first-order chi connectivity index (χ1) is 9.65. The van der Waals surface area contributed by atoms with Gasteiger partial charge in [-0.2, -0.15) is 0 Å². The second-order valence-electron chi connectivity index (χ2n) is 4.11. The summed E-state index contributed by atoms with van der Waals surface area (Å²) in [6.07, 6.45) is 4.61. The van der Waals surface area contributed by atoms with Gasteiger partial charge in [-0.05, 0) is 24.3 Å². The number of rotatable bonds is 2. The normalized spacial score (nSPS) is 10.7. The average molecular weight is 286 g/mol. The van der Waals surface area contributed by atoms with E-state index in [1.54, 1.807) is 24.4 Å². The van der Waals surface area contributed by atoms with Crippen LogP contribution in [0.15, 0.2) is 42.9 Å². The van der Waals surface area contributed by atoms with Gasteiger partial charge in [0.1, 0.15) is 5.69 Å². The number of benzene rings is 1. The zero-order chi connectivity index (χ0) is 14.1. The van der Waals surface area contributed by atoms with E-state index in [2.05, 4.69) is 15.0 Å². The molecule has 3 aromatic rings. The first-order valence-corrected chi connectivity index (χ1v) is 6.13. The lowest BCUT2D eigenvalue weighted by Gasteiger charge is -2.06. The van der Waals surface area contributed by atoms with E-state index >= 15 is 0 Å². The van der Waals surface area contributed by atoms with Crippen LogP contribution in [0.3, 0.4) is 0 Å². The summed E-state index contributed by atoms with van der Waals surface area (Å²) in [6, 6.07) is 6.42. The molecule has 6 heteroatoms. The summed E-state index contributed by atoms with van der Waals surface area (Å²) < 4.78 is 0. The molecule has 20 heavy (non-hydrogen) atoms. The summed E-state index contributed by atoms with van der Waals surface area (Å²) >= 11 is 5.91. The summed E-state index contributed by atoms with van der Waals surface area (Å²) in [6.45, 7) is 0. The van der Waals surface area contributed by atoms with Gasteiger partial charge in [-0.1, -0.05) is 11.6 Å². The van der Waals surface area contributed by atoms with Gasteiger partial charge in [0.2, 0.25) is 0 Å². The Morgan fingerprint density at radius 3 is 2.70 bits per heavy atom. The maximum absolute atomic E-state index is 11.4. The number of pyridine rings is 1. The third-order valence-corrected chi connectivity index (χ3v) is 3.06. The van der Waals surface area contributed by atoms with Crippen LogP contribution in [0.1, 0.15) is 10.4 Å². The second-order valence-corrected chi connectivity index (χ2v) is 4.55. The summed E-state index contributed by atoms with van der Waals surface area (Å²) in [7, 11) is 0. The topological polar surface area (TPSA) is 76.0 Å². The fourth-order valence-corrected chi connectivity index (χ4v) is 2.11. The van der Waals surface area contributed by atoms with Crippen molar-refractivity contribution in [3.8, 4) is 11.4 Å². The fraction of sp³-hybridized carbons (Fsp3) is 0. The molecule has 5 nitrogen and oxygen atoms in total. The van der Waals surface area contributed by atoms with Crippen molar-refractivity contribution in [1.29, 1.82) is 0 Å². The van der Waals surface area contributed by atoms with E-state index in [4.69, 9.17) is 11.6 Å². The summed E-state index contributed by atoms with van der Waals surface area (Å²) in [5.74, 6) is -1.04. The van der Waals surface area contributed by atoms with Crippen LogP contribution >= 0.6 is 11.6 Å². The van der Waals surface area contributed by atoms with E-state index in [1.807, 2.05) is 0 Å². The molecule has 0 aliphatic rings. The number of carboxylic acid groups (broad SMARTS) is 1. The minimum atomic E-state index is -1.04. The molecule has 2 heterocycles. The molecule has 0 spiro atoms. The van der Waals surface area contributed by atoms with Crippen molar-refractivity contribution >= 4 is 28.5 Å². The van der Waals surface area contributed by atoms with Gasteiger partial charge in [0.25, 0.3) is 0 Å². The molecule has 0 bridgehead atoms. The third-order valence-electron chi connectivity index (χ3n) is 2.83. The van der Waals surface area contributed by atoms with E-state index in [1.165, 1.54) is 18.5 Å². The van der Waals surface area contributed by atoms with Crippen molar-refractivity contribution in [2.45, 2.75) is 0 Å². The van der Waals surface area contributed by atoms with Crippen LogP contribution in [0.2, 0.25) is 5.02 Å². The van der Waals surface area contributed by atoms with E-state index in [-0.39, 0.29) is 5.56 Å². The largest absolute Gasteiger partial charge is 0.478 e. The summed E-state index contributed by atoms with van der Waals surface area (Å²) in [5.41, 5.74) is 1.67. The van der Waals surface area contributed by atoms with Crippen LogP contribution in [0.5, 0.6) is 0 Å². The van der Waals surface area contributed by atoms with Gasteiger partial charge in [0, 0.05) is 22.8 Å². The van der Waals surface area contributed by atoms with Crippen molar-refractivity contribution in [2.75, 3.05) is 0 Å². The van der Waals surface area contributed by atoms with Crippen LogP contribution in [0.25, 0.3) is 22.3 Å². The fourth-order valence-electron chi connectivity index (χ4n) is 1.94. The molecule has 0 radical (unpaired) electrons. The van der Waals surface area contributed by atoms with Gasteiger partial charge in [-0.15, -0.1) is 0 Å². The van der Waals surface area contributed by atoms with E-state index < -0.39 is 5.97 Å². The smallest absolute Gasteiger partial charge is 0.336 e. The minimum Gasteiger partial charge on any atom is -0.478 e. The van der Waals surface area contributed by atoms with E-state index in [0.717, 1.165) is 0 Å². The molecule has 0 aliphatic carbocycles. The Kier molecular flexibility index (Phi) is 3.04. The zero-order valence-electron chi connectivity index (χ0n) is 10.1. The van der Waals surface area contributed by atoms with Crippen LogP contribution < -0.4 is 0 Å². The van der Waals surface area contributed by atoms with Crippen molar-refractivity contribution in [3.05, 3.63) is 53.4 Å². The predicted molar refractivity (Wildman–Crippen MR) is 74.7 cm³/mol. The van der Waals surface area contributed by atoms with E-state index in [9.17, 15) is 9.90 Å². The highest BCUT2D eigenvalue weighted by Crippen LogP contribution is 2.25. The molecule has 1 N–H and O–H groups in total. The highest BCUT2D eigenvalue weighted by molar-refractivity contribution is 6.31.